The molecule has 0 unspecified atom stereocenters. The Morgan fingerprint density at radius 2 is 2.17 bits per heavy atom. The van der Waals surface area contributed by atoms with Crippen molar-refractivity contribution in [1.29, 1.82) is 0 Å². The van der Waals surface area contributed by atoms with E-state index in [1.807, 2.05) is 6.07 Å². The van der Waals surface area contributed by atoms with E-state index >= 15 is 0 Å². The summed E-state index contributed by atoms with van der Waals surface area (Å²) >= 11 is 5.99. The molecule has 0 heterocycles. The lowest BCUT2D eigenvalue weighted by molar-refractivity contribution is 0.0636. The maximum atomic E-state index is 11.6. The molecule has 1 N–H and O–H groups in total. The van der Waals surface area contributed by atoms with Gasteiger partial charge in [-0.15, -0.1) is 12.3 Å². The monoisotopic (exact) mass is 265 g/mol. The number of hydrogen-bond acceptors (Lipinski definition) is 2. The highest BCUT2D eigenvalue weighted by molar-refractivity contribution is 6.33. The van der Waals surface area contributed by atoms with Gasteiger partial charge in [0.1, 0.15) is 5.60 Å². The van der Waals surface area contributed by atoms with E-state index in [1.54, 1.807) is 32.9 Å². The molecule has 0 radical (unpaired) electrons. The molecular formula is C14H16ClNO2. The quantitative estimate of drug-likeness (QED) is 0.825. The number of benzene rings is 1. The fourth-order valence-corrected chi connectivity index (χ4v) is 1.47. The normalized spacial score (nSPS) is 10.6. The van der Waals surface area contributed by atoms with E-state index in [1.165, 1.54) is 0 Å². The molecule has 0 spiro atoms. The molecule has 0 aromatic heterocycles. The number of nitrogens with one attached hydrogen (secondary N) is 1. The molecule has 1 aromatic carbocycles. The molecule has 1 rings (SSSR count). The third kappa shape index (κ3) is 4.68. The summed E-state index contributed by atoms with van der Waals surface area (Å²) in [6.45, 7) is 5.38. The van der Waals surface area contributed by atoms with Crippen molar-refractivity contribution in [2.45, 2.75) is 32.8 Å². The molecule has 0 aliphatic carbocycles. The molecule has 1 aromatic rings. The fourth-order valence-electron chi connectivity index (χ4n) is 1.31. The maximum absolute atomic E-state index is 11.6. The summed E-state index contributed by atoms with van der Waals surface area (Å²) in [6.07, 6.45) is 5.18. The lowest BCUT2D eigenvalue weighted by atomic mass is 10.1. The van der Waals surface area contributed by atoms with Gasteiger partial charge in [-0.1, -0.05) is 17.7 Å². The van der Waals surface area contributed by atoms with Gasteiger partial charge in [0.15, 0.2) is 0 Å². The molecule has 0 bridgehead atoms. The topological polar surface area (TPSA) is 38.3 Å². The Balaban J connectivity index is 2.81. The van der Waals surface area contributed by atoms with E-state index in [9.17, 15) is 4.79 Å². The van der Waals surface area contributed by atoms with Crippen LogP contribution in [0.15, 0.2) is 18.2 Å². The fraction of sp³-hybridized carbons (Fsp3) is 0.357. The first-order valence-electron chi connectivity index (χ1n) is 5.54. The highest BCUT2D eigenvalue weighted by atomic mass is 35.5. The molecule has 1 amide bonds. The highest BCUT2D eigenvalue weighted by Gasteiger charge is 2.17. The van der Waals surface area contributed by atoms with Gasteiger partial charge >= 0.3 is 6.09 Å². The van der Waals surface area contributed by atoms with Crippen molar-refractivity contribution in [2.75, 3.05) is 5.32 Å². The van der Waals surface area contributed by atoms with Crippen LogP contribution in [0.1, 0.15) is 26.3 Å². The number of terminal acetylenes is 1. The lowest BCUT2D eigenvalue weighted by Crippen LogP contribution is -2.27. The summed E-state index contributed by atoms with van der Waals surface area (Å²) < 4.78 is 5.15. The lowest BCUT2D eigenvalue weighted by Gasteiger charge is -2.20. The molecule has 0 fully saturated rings. The molecular weight excluding hydrogens is 250 g/mol. The summed E-state index contributed by atoms with van der Waals surface area (Å²) in [5.74, 6) is 2.54. The van der Waals surface area contributed by atoms with E-state index in [2.05, 4.69) is 11.2 Å². The Labute approximate surface area is 112 Å². The Kier molecular flexibility index (Phi) is 4.63. The van der Waals surface area contributed by atoms with Crippen molar-refractivity contribution in [3.8, 4) is 12.3 Å². The van der Waals surface area contributed by atoms with E-state index < -0.39 is 11.7 Å². The average molecular weight is 266 g/mol. The number of carbonyl (C=O) groups excluding carboxylic acids is 1. The van der Waals surface area contributed by atoms with Gasteiger partial charge in [-0.05, 0) is 38.5 Å². The second-order valence-corrected chi connectivity index (χ2v) is 5.23. The van der Waals surface area contributed by atoms with E-state index in [-0.39, 0.29) is 0 Å². The number of halogens is 1. The second-order valence-electron chi connectivity index (χ2n) is 4.82. The first kappa shape index (κ1) is 14.4. The third-order valence-corrected chi connectivity index (χ3v) is 2.30. The van der Waals surface area contributed by atoms with E-state index in [0.717, 1.165) is 5.56 Å². The van der Waals surface area contributed by atoms with Crippen LogP contribution in [0.5, 0.6) is 0 Å². The molecule has 18 heavy (non-hydrogen) atoms. The summed E-state index contributed by atoms with van der Waals surface area (Å²) in [5, 5.41) is 3.05. The number of rotatable bonds is 2. The van der Waals surface area contributed by atoms with Crippen LogP contribution in [0.2, 0.25) is 5.02 Å². The minimum absolute atomic E-state index is 0.446. The average Bonchev–Trinajstić information content (AvgIpc) is 2.20. The Hall–Kier alpha value is -1.66. The Morgan fingerprint density at radius 1 is 1.50 bits per heavy atom. The van der Waals surface area contributed by atoms with Gasteiger partial charge in [0.05, 0.1) is 10.7 Å². The van der Waals surface area contributed by atoms with Gasteiger partial charge < -0.3 is 4.74 Å². The van der Waals surface area contributed by atoms with Gasteiger partial charge in [0, 0.05) is 6.42 Å². The predicted molar refractivity (Wildman–Crippen MR) is 73.8 cm³/mol. The van der Waals surface area contributed by atoms with Crippen LogP contribution < -0.4 is 5.32 Å². The van der Waals surface area contributed by atoms with Crippen molar-refractivity contribution in [3.63, 3.8) is 0 Å². The molecule has 0 aliphatic heterocycles. The molecule has 3 nitrogen and oxygen atoms in total. The number of hydrogen-bond donors (Lipinski definition) is 1. The minimum Gasteiger partial charge on any atom is -0.444 e. The van der Waals surface area contributed by atoms with Crippen molar-refractivity contribution in [3.05, 3.63) is 28.8 Å². The third-order valence-electron chi connectivity index (χ3n) is 1.97. The van der Waals surface area contributed by atoms with Crippen LogP contribution in [0.25, 0.3) is 0 Å². The standard InChI is InChI=1S/C14H16ClNO2/c1-5-6-10-7-8-11(15)12(9-10)16-13(17)18-14(2,3)4/h1,7-9H,6H2,2-4H3,(H,16,17). The van der Waals surface area contributed by atoms with Crippen LogP contribution in [0.4, 0.5) is 10.5 Å². The zero-order valence-electron chi connectivity index (χ0n) is 10.7. The summed E-state index contributed by atoms with van der Waals surface area (Å²) in [5.41, 5.74) is 0.860. The first-order valence-corrected chi connectivity index (χ1v) is 5.91. The maximum Gasteiger partial charge on any atom is 0.412 e. The largest absolute Gasteiger partial charge is 0.444 e. The van der Waals surface area contributed by atoms with Crippen LogP contribution in [0, 0.1) is 12.3 Å². The molecule has 0 atom stereocenters. The molecule has 96 valence electrons. The molecule has 0 aliphatic rings. The van der Waals surface area contributed by atoms with Gasteiger partial charge in [-0.25, -0.2) is 4.79 Å². The molecule has 0 saturated heterocycles. The Bertz CT molecular complexity index is 484. The number of amides is 1. The highest BCUT2D eigenvalue weighted by Crippen LogP contribution is 2.24. The first-order chi connectivity index (χ1) is 8.31. The minimum atomic E-state index is -0.549. The van der Waals surface area contributed by atoms with Crippen molar-refractivity contribution in [2.24, 2.45) is 0 Å². The van der Waals surface area contributed by atoms with Crippen molar-refractivity contribution < 1.29 is 9.53 Å². The zero-order chi connectivity index (χ0) is 13.8. The second kappa shape index (κ2) is 5.79. The molecule has 4 heteroatoms. The SMILES string of the molecule is C#CCc1ccc(Cl)c(NC(=O)OC(C)(C)C)c1. The number of carbonyl (C=O) groups is 1. The Morgan fingerprint density at radius 3 is 2.72 bits per heavy atom. The van der Waals surface area contributed by atoms with Crippen LogP contribution in [-0.4, -0.2) is 11.7 Å². The van der Waals surface area contributed by atoms with Crippen molar-refractivity contribution in [1.82, 2.24) is 0 Å². The summed E-state index contributed by atoms with van der Waals surface area (Å²) in [7, 11) is 0. The predicted octanol–water partition coefficient (Wildman–Crippen LogP) is 3.86. The van der Waals surface area contributed by atoms with E-state index in [4.69, 9.17) is 22.8 Å². The van der Waals surface area contributed by atoms with Gasteiger partial charge in [0.2, 0.25) is 0 Å². The number of anilines is 1. The van der Waals surface area contributed by atoms with Gasteiger partial charge in [-0.3, -0.25) is 5.32 Å². The van der Waals surface area contributed by atoms with Crippen LogP contribution in [-0.2, 0) is 11.2 Å². The van der Waals surface area contributed by atoms with Crippen LogP contribution >= 0.6 is 11.6 Å². The van der Waals surface area contributed by atoms with Crippen molar-refractivity contribution >= 4 is 23.4 Å². The van der Waals surface area contributed by atoms with E-state index in [0.29, 0.717) is 17.1 Å². The zero-order valence-corrected chi connectivity index (χ0v) is 11.5. The number of ether oxygens (including phenoxy) is 1. The summed E-state index contributed by atoms with van der Waals surface area (Å²) in [6, 6.07) is 5.26. The molecule has 0 saturated carbocycles. The van der Waals surface area contributed by atoms with Gasteiger partial charge in [-0.2, -0.15) is 0 Å². The summed E-state index contributed by atoms with van der Waals surface area (Å²) in [4.78, 5) is 11.6. The smallest absolute Gasteiger partial charge is 0.412 e. The van der Waals surface area contributed by atoms with Gasteiger partial charge in [0.25, 0.3) is 0 Å². The van der Waals surface area contributed by atoms with Crippen LogP contribution in [0.3, 0.4) is 0 Å².